The highest BCUT2D eigenvalue weighted by molar-refractivity contribution is 7.92. The first-order valence-corrected chi connectivity index (χ1v) is 13.2. The van der Waals surface area contributed by atoms with Crippen LogP contribution in [0.3, 0.4) is 0 Å². The predicted octanol–water partition coefficient (Wildman–Crippen LogP) is 4.64. The van der Waals surface area contributed by atoms with Crippen molar-refractivity contribution in [1.29, 1.82) is 0 Å². The molecule has 0 spiro atoms. The van der Waals surface area contributed by atoms with E-state index in [1.807, 2.05) is 42.5 Å². The van der Waals surface area contributed by atoms with Crippen LogP contribution in [0.15, 0.2) is 96.1 Å². The minimum atomic E-state index is -3.65. The second kappa shape index (κ2) is 11.0. The monoisotopic (exact) mass is 501 g/mol. The zero-order valence-electron chi connectivity index (χ0n) is 20.1. The van der Waals surface area contributed by atoms with Gasteiger partial charge >= 0.3 is 0 Å². The van der Waals surface area contributed by atoms with Crippen LogP contribution in [0.4, 0.5) is 5.69 Å². The lowest BCUT2D eigenvalue weighted by Gasteiger charge is -2.23. The number of benzene rings is 4. The van der Waals surface area contributed by atoms with Gasteiger partial charge in [0, 0.05) is 0 Å². The summed E-state index contributed by atoms with van der Waals surface area (Å²) in [6.07, 6.45) is 2.56. The molecule has 0 aromatic heterocycles. The number of nitrogens with one attached hydrogen (secondary N) is 1. The summed E-state index contributed by atoms with van der Waals surface area (Å²) in [6.45, 7) is 1.87. The number of carbonyl (C=O) groups is 1. The van der Waals surface area contributed by atoms with Gasteiger partial charge in [-0.3, -0.25) is 9.10 Å². The van der Waals surface area contributed by atoms with Crippen LogP contribution in [0.25, 0.3) is 10.8 Å². The number of rotatable bonds is 9. The molecule has 0 saturated heterocycles. The normalized spacial score (nSPS) is 11.5. The minimum Gasteiger partial charge on any atom is -0.489 e. The zero-order chi connectivity index (χ0) is 25.5. The number of hydrogen-bond donors (Lipinski definition) is 1. The SMILES string of the molecule is Cc1ccccc1N(CC(=O)N/N=C\c1ccc(OCc2ccc3ccccc3c2)cc1)S(C)(=O)=O. The Morgan fingerprint density at radius 1 is 0.944 bits per heavy atom. The Bertz CT molecular complexity index is 1500. The molecule has 0 atom stereocenters. The number of amides is 1. The topological polar surface area (TPSA) is 88.1 Å². The Balaban J connectivity index is 1.31. The van der Waals surface area contributed by atoms with Crippen molar-refractivity contribution in [3.05, 3.63) is 108 Å². The molecule has 1 amide bonds. The first kappa shape index (κ1) is 24.9. The van der Waals surface area contributed by atoms with Gasteiger partial charge in [-0.15, -0.1) is 0 Å². The van der Waals surface area contributed by atoms with Crippen molar-refractivity contribution in [3.63, 3.8) is 0 Å². The Labute approximate surface area is 211 Å². The highest BCUT2D eigenvalue weighted by Gasteiger charge is 2.21. The van der Waals surface area contributed by atoms with E-state index in [-0.39, 0.29) is 6.54 Å². The van der Waals surface area contributed by atoms with Gasteiger partial charge in [0.05, 0.1) is 18.2 Å². The van der Waals surface area contributed by atoms with Gasteiger partial charge in [0.15, 0.2) is 0 Å². The lowest BCUT2D eigenvalue weighted by atomic mass is 10.1. The molecular formula is C28H27N3O4S. The molecule has 1 N–H and O–H groups in total. The highest BCUT2D eigenvalue weighted by atomic mass is 32.2. The van der Waals surface area contributed by atoms with Gasteiger partial charge in [0.25, 0.3) is 5.91 Å². The molecule has 0 radical (unpaired) electrons. The lowest BCUT2D eigenvalue weighted by molar-refractivity contribution is -0.119. The van der Waals surface area contributed by atoms with Crippen molar-refractivity contribution >= 4 is 38.6 Å². The summed E-state index contributed by atoms with van der Waals surface area (Å²) in [7, 11) is -3.65. The van der Waals surface area contributed by atoms with Crippen molar-refractivity contribution in [2.45, 2.75) is 13.5 Å². The Kier molecular flexibility index (Phi) is 7.65. The van der Waals surface area contributed by atoms with Crippen LogP contribution in [0.2, 0.25) is 0 Å². The molecule has 0 aliphatic carbocycles. The standard InChI is InChI=1S/C28H27N3O4S/c1-21-7-3-6-10-27(21)31(36(2,33)34)19-28(32)30-29-18-22-12-15-26(16-13-22)35-20-23-11-14-24-8-4-5-9-25(24)17-23/h3-18H,19-20H2,1-2H3,(H,30,32)/b29-18-. The first-order chi connectivity index (χ1) is 17.3. The number of anilines is 1. The minimum absolute atomic E-state index is 0.372. The van der Waals surface area contributed by atoms with E-state index >= 15 is 0 Å². The Morgan fingerprint density at radius 3 is 2.36 bits per heavy atom. The van der Waals surface area contributed by atoms with E-state index in [2.05, 4.69) is 40.9 Å². The van der Waals surface area contributed by atoms with Crippen molar-refractivity contribution in [1.82, 2.24) is 5.43 Å². The Morgan fingerprint density at radius 2 is 1.64 bits per heavy atom. The number of para-hydroxylation sites is 1. The second-order valence-electron chi connectivity index (χ2n) is 8.39. The Hall–Kier alpha value is -4.17. The van der Waals surface area contributed by atoms with Gasteiger partial charge in [-0.2, -0.15) is 5.10 Å². The summed E-state index contributed by atoms with van der Waals surface area (Å²) in [5.74, 6) is 0.168. The van der Waals surface area contributed by atoms with E-state index in [0.717, 1.165) is 27.3 Å². The number of carbonyl (C=O) groups excluding carboxylic acids is 1. The molecule has 184 valence electrons. The van der Waals surface area contributed by atoms with Gasteiger partial charge in [-0.25, -0.2) is 13.8 Å². The summed E-state index contributed by atoms with van der Waals surface area (Å²) < 4.78 is 31.4. The van der Waals surface area contributed by atoms with E-state index in [0.29, 0.717) is 18.0 Å². The summed E-state index contributed by atoms with van der Waals surface area (Å²) in [6, 6.07) is 28.7. The largest absolute Gasteiger partial charge is 0.489 e. The lowest BCUT2D eigenvalue weighted by Crippen LogP contribution is -2.39. The van der Waals surface area contributed by atoms with Crippen LogP contribution in [0.5, 0.6) is 5.75 Å². The van der Waals surface area contributed by atoms with Crippen LogP contribution in [0, 0.1) is 6.92 Å². The average molecular weight is 502 g/mol. The van der Waals surface area contributed by atoms with Crippen molar-refractivity contribution in [3.8, 4) is 5.75 Å². The molecule has 0 saturated carbocycles. The highest BCUT2D eigenvalue weighted by Crippen LogP contribution is 2.22. The van der Waals surface area contributed by atoms with Crippen LogP contribution in [0.1, 0.15) is 16.7 Å². The predicted molar refractivity (Wildman–Crippen MR) is 144 cm³/mol. The third-order valence-corrected chi connectivity index (χ3v) is 6.70. The summed E-state index contributed by atoms with van der Waals surface area (Å²) in [4.78, 5) is 12.4. The molecular weight excluding hydrogens is 474 g/mol. The first-order valence-electron chi connectivity index (χ1n) is 11.4. The molecule has 0 unspecified atom stereocenters. The molecule has 0 fully saturated rings. The summed E-state index contributed by atoms with van der Waals surface area (Å²) in [5.41, 5.74) is 5.44. The van der Waals surface area contributed by atoms with Gasteiger partial charge in [-0.05, 0) is 70.8 Å². The molecule has 36 heavy (non-hydrogen) atoms. The summed E-state index contributed by atoms with van der Waals surface area (Å²) in [5, 5.41) is 6.32. The summed E-state index contributed by atoms with van der Waals surface area (Å²) >= 11 is 0. The molecule has 4 aromatic carbocycles. The maximum Gasteiger partial charge on any atom is 0.260 e. The fourth-order valence-corrected chi connectivity index (χ4v) is 4.63. The van der Waals surface area contributed by atoms with Gasteiger partial charge in [0.1, 0.15) is 18.9 Å². The molecule has 8 heteroatoms. The smallest absolute Gasteiger partial charge is 0.260 e. The number of aryl methyl sites for hydroxylation is 1. The van der Waals surface area contributed by atoms with E-state index in [9.17, 15) is 13.2 Å². The van der Waals surface area contributed by atoms with E-state index < -0.39 is 15.9 Å². The number of hydrazone groups is 1. The molecule has 0 bridgehead atoms. The number of hydrogen-bond acceptors (Lipinski definition) is 5. The quantitative estimate of drug-likeness (QED) is 0.267. The van der Waals surface area contributed by atoms with Crippen molar-refractivity contribution in [2.24, 2.45) is 5.10 Å². The van der Waals surface area contributed by atoms with E-state index in [4.69, 9.17) is 4.74 Å². The molecule has 4 rings (SSSR count). The zero-order valence-corrected chi connectivity index (χ0v) is 20.9. The van der Waals surface area contributed by atoms with E-state index in [1.165, 1.54) is 17.0 Å². The molecule has 0 heterocycles. The fraction of sp³-hybridized carbons (Fsp3) is 0.143. The second-order valence-corrected chi connectivity index (χ2v) is 10.3. The fourth-order valence-electron chi connectivity index (χ4n) is 3.71. The number of ether oxygens (including phenoxy) is 1. The van der Waals surface area contributed by atoms with Gasteiger partial charge in [-0.1, -0.05) is 54.6 Å². The molecule has 0 aliphatic heterocycles. The van der Waals surface area contributed by atoms with Crippen LogP contribution >= 0.6 is 0 Å². The maximum absolute atomic E-state index is 12.4. The molecule has 7 nitrogen and oxygen atoms in total. The van der Waals surface area contributed by atoms with Crippen LogP contribution < -0.4 is 14.5 Å². The number of fused-ring (bicyclic) bond motifs is 1. The number of sulfonamides is 1. The van der Waals surface area contributed by atoms with Crippen LogP contribution in [-0.4, -0.2) is 33.3 Å². The van der Waals surface area contributed by atoms with Crippen LogP contribution in [-0.2, 0) is 21.4 Å². The van der Waals surface area contributed by atoms with Gasteiger partial charge in [0.2, 0.25) is 10.0 Å². The number of nitrogens with zero attached hydrogens (tertiary/aromatic N) is 2. The van der Waals surface area contributed by atoms with E-state index in [1.54, 1.807) is 25.1 Å². The molecule has 4 aromatic rings. The van der Waals surface area contributed by atoms with Crippen molar-refractivity contribution in [2.75, 3.05) is 17.1 Å². The third kappa shape index (κ3) is 6.49. The van der Waals surface area contributed by atoms with Gasteiger partial charge < -0.3 is 4.74 Å². The molecule has 0 aliphatic rings. The average Bonchev–Trinajstić information content (AvgIpc) is 2.86. The maximum atomic E-state index is 12.4. The third-order valence-electron chi connectivity index (χ3n) is 5.57. The van der Waals surface area contributed by atoms with Crippen molar-refractivity contribution < 1.29 is 17.9 Å².